The molecular weight excluding hydrogens is 256 g/mol. The fourth-order valence-corrected chi connectivity index (χ4v) is 3.52. The number of hydrogen-bond acceptors (Lipinski definition) is 1. The number of furan rings is 1. The van der Waals surface area contributed by atoms with Gasteiger partial charge in [-0.25, -0.2) is 0 Å². The first-order valence-corrected chi connectivity index (χ1v) is 7.80. The van der Waals surface area contributed by atoms with Crippen molar-refractivity contribution in [2.45, 2.75) is 39.5 Å². The topological polar surface area (TPSA) is 13.1 Å². The molecule has 21 heavy (non-hydrogen) atoms. The zero-order valence-corrected chi connectivity index (χ0v) is 12.7. The number of benzene rings is 2. The highest BCUT2D eigenvalue weighted by Gasteiger charge is 2.13. The Hall–Kier alpha value is -2.02. The van der Waals surface area contributed by atoms with Gasteiger partial charge < -0.3 is 4.42 Å². The lowest BCUT2D eigenvalue weighted by Gasteiger charge is -2.13. The van der Waals surface area contributed by atoms with Crippen LogP contribution in [0, 0.1) is 13.8 Å². The van der Waals surface area contributed by atoms with Gasteiger partial charge in [0.1, 0.15) is 11.3 Å². The summed E-state index contributed by atoms with van der Waals surface area (Å²) in [5.74, 6) is 1.02. The van der Waals surface area contributed by atoms with Crippen LogP contribution in [0.4, 0.5) is 0 Å². The van der Waals surface area contributed by atoms with Gasteiger partial charge in [0.05, 0.1) is 0 Å². The van der Waals surface area contributed by atoms with E-state index in [-0.39, 0.29) is 0 Å². The highest BCUT2D eigenvalue weighted by Crippen LogP contribution is 2.29. The molecule has 1 nitrogen and oxygen atoms in total. The second kappa shape index (κ2) is 4.77. The Morgan fingerprint density at radius 2 is 1.48 bits per heavy atom. The SMILES string of the molecule is Cc1cc2c3ccc(c2o1)CCc1ccc(c(C)c1)CC3. The highest BCUT2D eigenvalue weighted by atomic mass is 16.3. The third-order valence-electron chi connectivity index (χ3n) is 4.73. The van der Waals surface area contributed by atoms with Crippen molar-refractivity contribution >= 4 is 11.0 Å². The van der Waals surface area contributed by atoms with Crippen LogP contribution in [0.3, 0.4) is 0 Å². The minimum absolute atomic E-state index is 1.02. The molecule has 0 aliphatic heterocycles. The quantitative estimate of drug-likeness (QED) is 0.567. The monoisotopic (exact) mass is 276 g/mol. The minimum Gasteiger partial charge on any atom is -0.461 e. The molecule has 0 saturated heterocycles. The van der Waals surface area contributed by atoms with E-state index in [9.17, 15) is 0 Å². The zero-order chi connectivity index (χ0) is 14.4. The smallest absolute Gasteiger partial charge is 0.137 e. The third kappa shape index (κ3) is 2.17. The summed E-state index contributed by atoms with van der Waals surface area (Å²) in [6.07, 6.45) is 4.30. The standard InChI is InChI=1S/C20H20O/c1-13-11-15-3-5-16(13)7-8-17-9-10-18(6-4-15)20-19(17)12-14(2)21-20/h3,5,9-12H,4,6-8H2,1-2H3. The summed E-state index contributed by atoms with van der Waals surface area (Å²) in [6, 6.07) is 13.7. The predicted octanol–water partition coefficient (Wildman–Crippen LogP) is 4.93. The van der Waals surface area contributed by atoms with Crippen molar-refractivity contribution in [1.29, 1.82) is 0 Å². The van der Waals surface area contributed by atoms with E-state index in [1.54, 1.807) is 0 Å². The first-order valence-electron chi connectivity index (χ1n) is 7.80. The van der Waals surface area contributed by atoms with Gasteiger partial charge >= 0.3 is 0 Å². The molecule has 3 aromatic rings. The van der Waals surface area contributed by atoms with Crippen LogP contribution in [-0.4, -0.2) is 0 Å². The summed E-state index contributed by atoms with van der Waals surface area (Å²) < 4.78 is 5.99. The van der Waals surface area contributed by atoms with Crippen LogP contribution in [0.25, 0.3) is 11.0 Å². The average Bonchev–Trinajstić information content (AvgIpc) is 2.84. The van der Waals surface area contributed by atoms with Gasteiger partial charge in [0.15, 0.2) is 0 Å². The van der Waals surface area contributed by atoms with Crippen LogP contribution in [0.5, 0.6) is 0 Å². The molecule has 0 saturated carbocycles. The van der Waals surface area contributed by atoms with E-state index in [4.69, 9.17) is 4.42 Å². The Balaban J connectivity index is 1.89. The van der Waals surface area contributed by atoms with Crippen molar-refractivity contribution in [3.63, 3.8) is 0 Å². The number of hydrogen-bond donors (Lipinski definition) is 0. The maximum atomic E-state index is 5.99. The van der Waals surface area contributed by atoms with Gasteiger partial charge in [-0.15, -0.1) is 0 Å². The van der Waals surface area contributed by atoms with Crippen molar-refractivity contribution in [1.82, 2.24) is 0 Å². The molecule has 1 aromatic heterocycles. The van der Waals surface area contributed by atoms with Gasteiger partial charge in [0.25, 0.3) is 0 Å². The largest absolute Gasteiger partial charge is 0.461 e. The molecule has 4 aliphatic carbocycles. The lowest BCUT2D eigenvalue weighted by atomic mass is 9.92. The minimum atomic E-state index is 1.02. The molecule has 0 N–H and O–H groups in total. The summed E-state index contributed by atoms with van der Waals surface area (Å²) in [5.41, 5.74) is 8.19. The van der Waals surface area contributed by atoms with Crippen molar-refractivity contribution < 1.29 is 4.42 Å². The maximum absolute atomic E-state index is 5.99. The first kappa shape index (κ1) is 12.7. The fourth-order valence-electron chi connectivity index (χ4n) is 3.52. The van der Waals surface area contributed by atoms with Crippen molar-refractivity contribution in [2.75, 3.05) is 0 Å². The van der Waals surface area contributed by atoms with Gasteiger partial charge in [-0.05, 0) is 73.4 Å². The molecule has 1 heteroatoms. The fraction of sp³-hybridized carbons (Fsp3) is 0.300. The Bertz CT molecular complexity index is 823. The van der Waals surface area contributed by atoms with Gasteiger partial charge in [-0.3, -0.25) is 0 Å². The summed E-state index contributed by atoms with van der Waals surface area (Å²) in [5, 5.41) is 1.32. The normalized spacial score (nSPS) is 14.4. The van der Waals surface area contributed by atoms with Crippen molar-refractivity contribution in [3.05, 3.63) is 70.0 Å². The molecule has 0 spiro atoms. The molecule has 0 unspecified atom stereocenters. The predicted molar refractivity (Wildman–Crippen MR) is 86.9 cm³/mol. The Morgan fingerprint density at radius 1 is 0.762 bits per heavy atom. The number of aryl methyl sites for hydroxylation is 6. The van der Waals surface area contributed by atoms with Crippen LogP contribution in [0.15, 0.2) is 40.8 Å². The van der Waals surface area contributed by atoms with Crippen LogP contribution in [0.1, 0.15) is 33.6 Å². The molecule has 0 atom stereocenters. The Kier molecular flexibility index (Phi) is 2.88. The lowest BCUT2D eigenvalue weighted by Crippen LogP contribution is -2.00. The summed E-state index contributed by atoms with van der Waals surface area (Å²) in [6.45, 7) is 4.29. The second-order valence-electron chi connectivity index (χ2n) is 6.24. The van der Waals surface area contributed by atoms with Gasteiger partial charge in [0.2, 0.25) is 0 Å². The highest BCUT2D eigenvalue weighted by molar-refractivity contribution is 5.84. The lowest BCUT2D eigenvalue weighted by molar-refractivity contribution is 0.574. The third-order valence-corrected chi connectivity index (χ3v) is 4.73. The molecule has 1 heterocycles. The van der Waals surface area contributed by atoms with Crippen LogP contribution >= 0.6 is 0 Å². The van der Waals surface area contributed by atoms with E-state index in [1.165, 1.54) is 33.2 Å². The molecule has 0 radical (unpaired) electrons. The van der Waals surface area contributed by atoms with Crippen LogP contribution < -0.4 is 0 Å². The van der Waals surface area contributed by atoms with Gasteiger partial charge in [-0.2, -0.15) is 0 Å². The Labute approximate surface area is 125 Å². The molecule has 106 valence electrons. The summed E-state index contributed by atoms with van der Waals surface area (Å²) in [7, 11) is 0. The average molecular weight is 276 g/mol. The first-order chi connectivity index (χ1) is 10.2. The van der Waals surface area contributed by atoms with E-state index < -0.39 is 0 Å². The van der Waals surface area contributed by atoms with E-state index in [0.717, 1.165) is 37.0 Å². The van der Waals surface area contributed by atoms with Crippen molar-refractivity contribution in [3.8, 4) is 0 Å². The summed E-state index contributed by atoms with van der Waals surface area (Å²) in [4.78, 5) is 0. The number of rotatable bonds is 0. The molecule has 0 fully saturated rings. The molecular formula is C20H20O. The molecule has 4 bridgehead atoms. The zero-order valence-electron chi connectivity index (χ0n) is 12.7. The van der Waals surface area contributed by atoms with Gasteiger partial charge in [-0.1, -0.05) is 30.3 Å². The molecule has 7 rings (SSSR count). The van der Waals surface area contributed by atoms with E-state index in [1.807, 2.05) is 6.92 Å². The van der Waals surface area contributed by atoms with Crippen LogP contribution in [0.2, 0.25) is 0 Å². The summed E-state index contributed by atoms with van der Waals surface area (Å²) >= 11 is 0. The van der Waals surface area contributed by atoms with E-state index >= 15 is 0 Å². The van der Waals surface area contributed by atoms with Gasteiger partial charge in [0, 0.05) is 5.39 Å². The molecule has 4 aliphatic rings. The maximum Gasteiger partial charge on any atom is 0.137 e. The second-order valence-corrected chi connectivity index (χ2v) is 6.24. The molecule has 0 amide bonds. The van der Waals surface area contributed by atoms with Crippen LogP contribution in [-0.2, 0) is 25.7 Å². The Morgan fingerprint density at radius 3 is 2.33 bits per heavy atom. The van der Waals surface area contributed by atoms with E-state index in [0.29, 0.717) is 0 Å². The van der Waals surface area contributed by atoms with E-state index in [2.05, 4.69) is 43.3 Å². The molecule has 2 aromatic carbocycles. The van der Waals surface area contributed by atoms with Crippen molar-refractivity contribution in [2.24, 2.45) is 0 Å².